The number of hydrogen-bond acceptors (Lipinski definition) is 6. The third-order valence-electron chi connectivity index (χ3n) is 4.55. The maximum atomic E-state index is 12.4. The molecular weight excluding hydrogens is 374 g/mol. The first kappa shape index (κ1) is 20.3. The summed E-state index contributed by atoms with van der Waals surface area (Å²) in [7, 11) is 0. The Morgan fingerprint density at radius 1 is 0.966 bits per heavy atom. The molecule has 2 aromatic rings. The van der Waals surface area contributed by atoms with Gasteiger partial charge in [0, 0.05) is 12.1 Å². The Hall–Kier alpha value is -3.48. The second-order valence-corrected chi connectivity index (χ2v) is 6.51. The fourth-order valence-electron chi connectivity index (χ4n) is 3.07. The Bertz CT molecular complexity index is 915. The highest BCUT2D eigenvalue weighted by molar-refractivity contribution is 6.21. The highest BCUT2D eigenvalue weighted by Gasteiger charge is 2.35. The van der Waals surface area contributed by atoms with Crippen molar-refractivity contribution in [2.45, 2.75) is 26.4 Å². The van der Waals surface area contributed by atoms with Crippen LogP contribution in [0.3, 0.4) is 0 Å². The topological polar surface area (TPSA) is 90.0 Å². The van der Waals surface area contributed by atoms with Crippen molar-refractivity contribution in [1.82, 2.24) is 4.90 Å². The molecule has 0 fully saturated rings. The van der Waals surface area contributed by atoms with Gasteiger partial charge < -0.3 is 9.47 Å². The van der Waals surface area contributed by atoms with Crippen molar-refractivity contribution in [2.24, 2.45) is 0 Å². The molecule has 1 aliphatic rings. The number of ether oxygens (including phenoxy) is 2. The molecule has 0 N–H and O–H groups in total. The quantitative estimate of drug-likeness (QED) is 0.388. The van der Waals surface area contributed by atoms with Gasteiger partial charge in [0.15, 0.2) is 6.10 Å². The Morgan fingerprint density at radius 2 is 1.55 bits per heavy atom. The molecule has 1 aliphatic heterocycles. The Balaban J connectivity index is 1.53. The number of carbonyl (C=O) groups excluding carboxylic acids is 4. The minimum absolute atomic E-state index is 0.102. The lowest BCUT2D eigenvalue weighted by molar-refractivity contribution is -0.146. The van der Waals surface area contributed by atoms with E-state index in [2.05, 4.69) is 0 Å². The summed E-state index contributed by atoms with van der Waals surface area (Å²) in [4.78, 5) is 50.2. The van der Waals surface area contributed by atoms with E-state index in [1.807, 2.05) is 6.92 Å². The molecular formula is C22H21NO6. The normalized spacial score (nSPS) is 13.8. The van der Waals surface area contributed by atoms with Crippen LogP contribution in [-0.2, 0) is 9.53 Å². The predicted molar refractivity (Wildman–Crippen MR) is 104 cm³/mol. The van der Waals surface area contributed by atoms with Crippen LogP contribution in [0.25, 0.3) is 0 Å². The average molecular weight is 395 g/mol. The minimum atomic E-state index is -0.984. The van der Waals surface area contributed by atoms with Crippen molar-refractivity contribution in [2.75, 3.05) is 13.2 Å². The second-order valence-electron chi connectivity index (χ2n) is 6.51. The van der Waals surface area contributed by atoms with Gasteiger partial charge in [0.25, 0.3) is 11.8 Å². The lowest BCUT2D eigenvalue weighted by Gasteiger charge is -2.15. The summed E-state index contributed by atoms with van der Waals surface area (Å²) in [6, 6.07) is 13.1. The molecule has 0 aliphatic carbocycles. The smallest absolute Gasteiger partial charge is 0.308 e. The Morgan fingerprint density at radius 3 is 2.10 bits per heavy atom. The summed E-state index contributed by atoms with van der Waals surface area (Å²) >= 11 is 0. The molecule has 3 rings (SSSR count). The Labute approximate surface area is 168 Å². The van der Waals surface area contributed by atoms with Gasteiger partial charge in [0.2, 0.25) is 5.78 Å². The molecule has 2 aromatic carbocycles. The molecule has 0 unspecified atom stereocenters. The van der Waals surface area contributed by atoms with Crippen molar-refractivity contribution < 1.29 is 28.7 Å². The van der Waals surface area contributed by atoms with Gasteiger partial charge in [-0.3, -0.25) is 24.1 Å². The summed E-state index contributed by atoms with van der Waals surface area (Å²) in [5.41, 5.74) is 1.05. The summed E-state index contributed by atoms with van der Waals surface area (Å²) in [6.07, 6.45) is -1.17. The lowest BCUT2D eigenvalue weighted by Crippen LogP contribution is -2.33. The van der Waals surface area contributed by atoms with Crippen molar-refractivity contribution in [3.05, 3.63) is 65.2 Å². The number of Topliss-reactive ketones (excluding diaryl/α,β-unsaturated/α-hetero) is 1. The highest BCUT2D eigenvalue weighted by atomic mass is 16.5. The van der Waals surface area contributed by atoms with Gasteiger partial charge in [-0.2, -0.15) is 0 Å². The number of carbonyl (C=O) groups is 4. The van der Waals surface area contributed by atoms with E-state index in [1.54, 1.807) is 48.5 Å². The van der Waals surface area contributed by atoms with Crippen LogP contribution in [-0.4, -0.2) is 47.7 Å². The number of nitrogens with zero attached hydrogens (tertiary/aromatic N) is 1. The van der Waals surface area contributed by atoms with Gasteiger partial charge in [0.1, 0.15) is 5.75 Å². The van der Waals surface area contributed by atoms with Crippen LogP contribution in [0.4, 0.5) is 0 Å². The number of rotatable bonds is 8. The number of ketones is 1. The van der Waals surface area contributed by atoms with Gasteiger partial charge >= 0.3 is 5.97 Å². The van der Waals surface area contributed by atoms with Gasteiger partial charge in [-0.15, -0.1) is 0 Å². The molecule has 1 heterocycles. The monoisotopic (exact) mass is 395 g/mol. The summed E-state index contributed by atoms with van der Waals surface area (Å²) in [5.74, 6) is -1.22. The predicted octanol–water partition coefficient (Wildman–Crippen LogP) is 2.89. The second kappa shape index (κ2) is 8.68. The summed E-state index contributed by atoms with van der Waals surface area (Å²) < 4.78 is 10.5. The first-order chi connectivity index (χ1) is 13.9. The molecule has 0 saturated heterocycles. The number of benzene rings is 2. The van der Waals surface area contributed by atoms with Crippen LogP contribution in [0.15, 0.2) is 48.5 Å². The summed E-state index contributed by atoms with van der Waals surface area (Å²) in [5, 5.41) is 0. The van der Waals surface area contributed by atoms with E-state index in [0.717, 1.165) is 4.90 Å². The highest BCUT2D eigenvalue weighted by Crippen LogP contribution is 2.22. The average Bonchev–Trinajstić information content (AvgIpc) is 2.97. The Kier molecular flexibility index (Phi) is 6.07. The largest absolute Gasteiger partial charge is 0.494 e. The molecule has 0 aromatic heterocycles. The third kappa shape index (κ3) is 4.34. The molecule has 0 radical (unpaired) electrons. The molecule has 0 saturated carbocycles. The number of imide groups is 1. The van der Waals surface area contributed by atoms with Crippen molar-refractivity contribution >= 4 is 23.6 Å². The third-order valence-corrected chi connectivity index (χ3v) is 4.55. The molecule has 2 amide bonds. The van der Waals surface area contributed by atoms with Crippen LogP contribution in [0, 0.1) is 0 Å². The van der Waals surface area contributed by atoms with E-state index in [9.17, 15) is 19.2 Å². The van der Waals surface area contributed by atoms with E-state index in [-0.39, 0.29) is 18.7 Å². The number of fused-ring (bicyclic) bond motifs is 1. The number of esters is 1. The van der Waals surface area contributed by atoms with Gasteiger partial charge in [0.05, 0.1) is 24.2 Å². The fraction of sp³-hybridized carbons (Fsp3) is 0.273. The van der Waals surface area contributed by atoms with Gasteiger partial charge in [-0.25, -0.2) is 0 Å². The van der Waals surface area contributed by atoms with Crippen LogP contribution >= 0.6 is 0 Å². The van der Waals surface area contributed by atoms with E-state index in [0.29, 0.717) is 29.0 Å². The standard InChI is InChI=1S/C22H21NO6/c1-3-28-16-10-8-15(9-11-16)20(25)14(2)29-19(24)12-13-23-21(26)17-6-4-5-7-18(17)22(23)27/h4-11,14H,3,12-13H2,1-2H3/t14-/m1/s1. The van der Waals surface area contributed by atoms with Crippen LogP contribution in [0.1, 0.15) is 51.3 Å². The van der Waals surface area contributed by atoms with Crippen molar-refractivity contribution in [3.8, 4) is 5.75 Å². The molecule has 7 heteroatoms. The summed E-state index contributed by atoms with van der Waals surface area (Å²) in [6.45, 7) is 3.77. The first-order valence-corrected chi connectivity index (χ1v) is 9.34. The zero-order valence-corrected chi connectivity index (χ0v) is 16.2. The van der Waals surface area contributed by atoms with E-state index in [4.69, 9.17) is 9.47 Å². The lowest BCUT2D eigenvalue weighted by atomic mass is 10.1. The van der Waals surface area contributed by atoms with Crippen LogP contribution in [0.5, 0.6) is 5.75 Å². The van der Waals surface area contributed by atoms with Gasteiger partial charge in [-0.1, -0.05) is 12.1 Å². The van der Waals surface area contributed by atoms with Crippen molar-refractivity contribution in [1.29, 1.82) is 0 Å². The maximum absolute atomic E-state index is 12.4. The number of hydrogen-bond donors (Lipinski definition) is 0. The van der Waals surface area contributed by atoms with E-state index < -0.39 is 23.9 Å². The van der Waals surface area contributed by atoms with E-state index in [1.165, 1.54) is 6.92 Å². The first-order valence-electron chi connectivity index (χ1n) is 9.34. The van der Waals surface area contributed by atoms with Crippen LogP contribution < -0.4 is 4.74 Å². The molecule has 0 bridgehead atoms. The van der Waals surface area contributed by atoms with Gasteiger partial charge in [-0.05, 0) is 50.2 Å². The fourth-order valence-corrected chi connectivity index (χ4v) is 3.07. The minimum Gasteiger partial charge on any atom is -0.494 e. The zero-order valence-electron chi connectivity index (χ0n) is 16.2. The maximum Gasteiger partial charge on any atom is 0.308 e. The van der Waals surface area contributed by atoms with Crippen LogP contribution in [0.2, 0.25) is 0 Å². The number of amides is 2. The molecule has 0 spiro atoms. The zero-order chi connectivity index (χ0) is 21.0. The molecule has 29 heavy (non-hydrogen) atoms. The van der Waals surface area contributed by atoms with Crippen molar-refractivity contribution in [3.63, 3.8) is 0 Å². The molecule has 150 valence electrons. The van der Waals surface area contributed by atoms with E-state index >= 15 is 0 Å². The molecule has 7 nitrogen and oxygen atoms in total. The SMILES string of the molecule is CCOc1ccc(C(=O)[C@@H](C)OC(=O)CCN2C(=O)c3ccccc3C2=O)cc1. The molecule has 1 atom stereocenters.